The van der Waals surface area contributed by atoms with E-state index in [1.807, 2.05) is 17.0 Å². The van der Waals surface area contributed by atoms with Gasteiger partial charge in [-0.2, -0.15) is 0 Å². The van der Waals surface area contributed by atoms with Gasteiger partial charge in [0, 0.05) is 51.5 Å². The zero-order valence-corrected chi connectivity index (χ0v) is 19.3. The van der Waals surface area contributed by atoms with Crippen molar-refractivity contribution in [3.8, 4) is 5.75 Å². The topological polar surface area (TPSA) is 78.5 Å². The van der Waals surface area contributed by atoms with Gasteiger partial charge in [-0.25, -0.2) is 4.98 Å². The summed E-state index contributed by atoms with van der Waals surface area (Å²) in [7, 11) is 1.67. The molecule has 1 saturated heterocycles. The molecule has 7 nitrogen and oxygen atoms in total. The van der Waals surface area contributed by atoms with Gasteiger partial charge < -0.3 is 14.6 Å². The Kier molecular flexibility index (Phi) is 6.31. The van der Waals surface area contributed by atoms with Gasteiger partial charge in [-0.05, 0) is 42.9 Å². The zero-order valence-electron chi connectivity index (χ0n) is 19.3. The number of aromatic amines is 1. The summed E-state index contributed by atoms with van der Waals surface area (Å²) in [6, 6.07) is 8.06. The number of carbonyl (C=O) groups excluding carboxylic acids is 1. The van der Waals surface area contributed by atoms with Crippen molar-refractivity contribution in [2.75, 3.05) is 26.7 Å². The number of hydrogen-bond donors (Lipinski definition) is 1. The van der Waals surface area contributed by atoms with Gasteiger partial charge in [0.25, 0.3) is 5.56 Å². The number of hydrogen-bond acceptors (Lipinski definition) is 5. The van der Waals surface area contributed by atoms with E-state index in [9.17, 15) is 9.59 Å². The van der Waals surface area contributed by atoms with Gasteiger partial charge >= 0.3 is 0 Å². The van der Waals surface area contributed by atoms with Crippen molar-refractivity contribution in [3.05, 3.63) is 69.4 Å². The fourth-order valence-corrected chi connectivity index (χ4v) is 5.25. The molecule has 174 valence electrons. The highest BCUT2D eigenvalue weighted by atomic mass is 16.5. The number of likely N-dealkylation sites (tertiary alicyclic amines) is 1. The van der Waals surface area contributed by atoms with Crippen LogP contribution in [-0.4, -0.2) is 52.4 Å². The van der Waals surface area contributed by atoms with Crippen molar-refractivity contribution in [2.45, 2.75) is 51.1 Å². The second kappa shape index (κ2) is 9.51. The van der Waals surface area contributed by atoms with Crippen LogP contribution in [0.4, 0.5) is 0 Å². The van der Waals surface area contributed by atoms with Gasteiger partial charge in [-0.3, -0.25) is 14.5 Å². The minimum atomic E-state index is -0.0321. The number of H-pyrrole nitrogens is 1. The average Bonchev–Trinajstić information content (AvgIpc) is 3.52. The molecule has 1 N–H and O–H groups in total. The standard InChI is InChI=1S/C26H32N4O3/c1-33-21-8-6-19(7-9-21)15-29-12-11-23-22(17-29)26(32)28-25(27-23)20-10-13-30(16-20)24(31)14-18-4-2-3-5-18/h2,4,6-9,18,20H,3,5,10-17H2,1H3,(H,27,28,32)/t18-,20+/m0/s1. The van der Waals surface area contributed by atoms with Crippen LogP contribution < -0.4 is 10.3 Å². The Morgan fingerprint density at radius 2 is 2.06 bits per heavy atom. The minimum absolute atomic E-state index is 0.0321. The van der Waals surface area contributed by atoms with E-state index in [0.29, 0.717) is 25.4 Å². The lowest BCUT2D eigenvalue weighted by Gasteiger charge is -2.28. The normalized spacial score (nSPS) is 22.5. The summed E-state index contributed by atoms with van der Waals surface area (Å²) < 4.78 is 5.23. The van der Waals surface area contributed by atoms with Crippen molar-refractivity contribution in [1.29, 1.82) is 0 Å². The highest BCUT2D eigenvalue weighted by Gasteiger charge is 2.31. The van der Waals surface area contributed by atoms with E-state index in [4.69, 9.17) is 9.72 Å². The predicted octanol–water partition coefficient (Wildman–Crippen LogP) is 3.01. The first-order chi connectivity index (χ1) is 16.1. The molecule has 0 saturated carbocycles. The predicted molar refractivity (Wildman–Crippen MR) is 126 cm³/mol. The number of nitrogens with zero attached hydrogens (tertiary/aromatic N) is 3. The third-order valence-electron chi connectivity index (χ3n) is 7.21. The number of benzene rings is 1. The van der Waals surface area contributed by atoms with Crippen LogP contribution in [0.1, 0.15) is 54.2 Å². The third-order valence-corrected chi connectivity index (χ3v) is 7.21. The highest BCUT2D eigenvalue weighted by Crippen LogP contribution is 2.28. The van der Waals surface area contributed by atoms with E-state index in [2.05, 4.69) is 34.2 Å². The molecule has 1 aliphatic carbocycles. The number of methoxy groups -OCH3 is 1. The van der Waals surface area contributed by atoms with Crippen LogP contribution in [0.3, 0.4) is 0 Å². The van der Waals surface area contributed by atoms with E-state index in [0.717, 1.165) is 68.1 Å². The lowest BCUT2D eigenvalue weighted by atomic mass is 10.0. The van der Waals surface area contributed by atoms with E-state index < -0.39 is 0 Å². The van der Waals surface area contributed by atoms with Crippen LogP contribution in [0.2, 0.25) is 0 Å². The van der Waals surface area contributed by atoms with Crippen LogP contribution in [0.25, 0.3) is 0 Å². The van der Waals surface area contributed by atoms with Crippen molar-refractivity contribution in [2.24, 2.45) is 5.92 Å². The number of nitrogens with one attached hydrogen (secondary N) is 1. The van der Waals surface area contributed by atoms with Gasteiger partial charge in [0.1, 0.15) is 11.6 Å². The Bertz CT molecular complexity index is 1090. The Balaban J connectivity index is 1.22. The van der Waals surface area contributed by atoms with Gasteiger partial charge in [-0.1, -0.05) is 24.3 Å². The first kappa shape index (κ1) is 21.9. The van der Waals surface area contributed by atoms with Crippen LogP contribution >= 0.6 is 0 Å². The lowest BCUT2D eigenvalue weighted by Crippen LogP contribution is -2.36. The summed E-state index contributed by atoms with van der Waals surface area (Å²) in [5, 5.41) is 0. The zero-order chi connectivity index (χ0) is 22.8. The number of fused-ring (bicyclic) bond motifs is 1. The second-order valence-electron chi connectivity index (χ2n) is 9.48. The molecule has 1 amide bonds. The summed E-state index contributed by atoms with van der Waals surface area (Å²) in [4.78, 5) is 37.8. The molecule has 0 bridgehead atoms. The fraction of sp³-hybridized carbons (Fsp3) is 0.500. The fourth-order valence-electron chi connectivity index (χ4n) is 5.25. The molecule has 1 aromatic carbocycles. The second-order valence-corrected chi connectivity index (χ2v) is 9.48. The first-order valence-electron chi connectivity index (χ1n) is 12.0. The Morgan fingerprint density at radius 1 is 1.21 bits per heavy atom. The molecule has 0 spiro atoms. The molecule has 7 heteroatoms. The summed E-state index contributed by atoms with van der Waals surface area (Å²) in [6.45, 7) is 3.67. The highest BCUT2D eigenvalue weighted by molar-refractivity contribution is 5.77. The Labute approximate surface area is 194 Å². The van der Waals surface area contributed by atoms with Crippen LogP contribution in [-0.2, 0) is 24.3 Å². The summed E-state index contributed by atoms with van der Waals surface area (Å²) in [6.07, 6.45) is 8.73. The van der Waals surface area contributed by atoms with Crippen molar-refractivity contribution in [1.82, 2.24) is 19.8 Å². The van der Waals surface area contributed by atoms with Crippen LogP contribution in [0, 0.1) is 5.92 Å². The molecule has 1 fully saturated rings. The van der Waals surface area contributed by atoms with Gasteiger partial charge in [-0.15, -0.1) is 0 Å². The number of aromatic nitrogens is 2. The molecule has 0 radical (unpaired) electrons. The number of carbonyl (C=O) groups is 1. The van der Waals surface area contributed by atoms with Crippen LogP contribution in [0.15, 0.2) is 41.2 Å². The van der Waals surface area contributed by atoms with E-state index in [1.54, 1.807) is 7.11 Å². The van der Waals surface area contributed by atoms with Gasteiger partial charge in [0.2, 0.25) is 5.91 Å². The summed E-state index contributed by atoms with van der Waals surface area (Å²) in [5.41, 5.74) is 2.86. The molecule has 33 heavy (non-hydrogen) atoms. The molecule has 5 rings (SSSR count). The SMILES string of the molecule is COc1ccc(CN2CCc3nc([C@@H]4CCN(C(=O)C[C@H]5C=CCC5)C4)[nH]c(=O)c3C2)cc1. The first-order valence-corrected chi connectivity index (χ1v) is 12.0. The summed E-state index contributed by atoms with van der Waals surface area (Å²) >= 11 is 0. The van der Waals surface area contributed by atoms with Gasteiger partial charge in [0.15, 0.2) is 0 Å². The Morgan fingerprint density at radius 3 is 2.82 bits per heavy atom. The number of ether oxygens (including phenoxy) is 1. The molecular formula is C26H32N4O3. The maximum atomic E-state index is 12.9. The molecule has 3 heterocycles. The monoisotopic (exact) mass is 448 g/mol. The van der Waals surface area contributed by atoms with E-state index >= 15 is 0 Å². The maximum Gasteiger partial charge on any atom is 0.255 e. The maximum absolute atomic E-state index is 12.9. The van der Waals surface area contributed by atoms with Crippen molar-refractivity contribution in [3.63, 3.8) is 0 Å². The van der Waals surface area contributed by atoms with Crippen LogP contribution in [0.5, 0.6) is 5.75 Å². The van der Waals surface area contributed by atoms with Gasteiger partial charge in [0.05, 0.1) is 18.4 Å². The molecule has 1 aromatic heterocycles. The largest absolute Gasteiger partial charge is 0.497 e. The molecule has 0 unspecified atom stereocenters. The quantitative estimate of drug-likeness (QED) is 0.688. The molecule has 2 aromatic rings. The van der Waals surface area contributed by atoms with E-state index in [-0.39, 0.29) is 17.4 Å². The molecule has 2 aliphatic heterocycles. The van der Waals surface area contributed by atoms with Crippen molar-refractivity contribution < 1.29 is 9.53 Å². The Hall–Kier alpha value is -2.93. The van der Waals surface area contributed by atoms with E-state index in [1.165, 1.54) is 5.56 Å². The molecule has 3 aliphatic rings. The molecular weight excluding hydrogens is 416 g/mol. The number of amides is 1. The molecule has 2 atom stereocenters. The third kappa shape index (κ3) is 4.88. The minimum Gasteiger partial charge on any atom is -0.497 e. The number of allylic oxidation sites excluding steroid dienone is 2. The summed E-state index contributed by atoms with van der Waals surface area (Å²) in [5.74, 6) is 2.32. The number of rotatable bonds is 6. The lowest BCUT2D eigenvalue weighted by molar-refractivity contribution is -0.130. The average molecular weight is 449 g/mol. The smallest absolute Gasteiger partial charge is 0.255 e. The van der Waals surface area contributed by atoms with Crippen molar-refractivity contribution >= 4 is 5.91 Å².